The molecule has 0 fully saturated rings. The Labute approximate surface area is 174 Å². The van der Waals surface area contributed by atoms with Gasteiger partial charge in [0.05, 0.1) is 5.75 Å². The van der Waals surface area contributed by atoms with Gasteiger partial charge in [-0.2, -0.15) is 0 Å². The van der Waals surface area contributed by atoms with E-state index in [0.717, 1.165) is 17.1 Å². The molecule has 2 aromatic carbocycles. The number of nitrogens with one attached hydrogen (secondary N) is 1. The zero-order valence-electron chi connectivity index (χ0n) is 15.6. The molecule has 0 radical (unpaired) electrons. The van der Waals surface area contributed by atoms with Gasteiger partial charge >= 0.3 is 5.97 Å². The van der Waals surface area contributed by atoms with Gasteiger partial charge in [0.2, 0.25) is 0 Å². The summed E-state index contributed by atoms with van der Waals surface area (Å²) in [6.45, 7) is -0.430. The summed E-state index contributed by atoms with van der Waals surface area (Å²) < 4.78 is 24.3. The van der Waals surface area contributed by atoms with Crippen LogP contribution in [0, 0.1) is 5.82 Å². The first kappa shape index (κ1) is 19.8. The van der Waals surface area contributed by atoms with E-state index in [1.54, 1.807) is 18.2 Å². The Bertz CT molecular complexity index is 1230. The number of furan rings is 1. The minimum Gasteiger partial charge on any atom is -0.455 e. The summed E-state index contributed by atoms with van der Waals surface area (Å²) in [7, 11) is 0. The quantitative estimate of drug-likeness (QED) is 0.275. The molecule has 0 saturated carbocycles. The number of benzene rings is 2. The van der Waals surface area contributed by atoms with E-state index < -0.39 is 24.3 Å². The van der Waals surface area contributed by atoms with Crippen LogP contribution in [0.25, 0.3) is 22.1 Å². The second-order valence-corrected chi connectivity index (χ2v) is 7.24. The van der Waals surface area contributed by atoms with Crippen LogP contribution in [0.3, 0.4) is 0 Å². The van der Waals surface area contributed by atoms with Crippen LogP contribution in [-0.2, 0) is 20.9 Å². The molecule has 1 N–H and O–H groups in total. The standard InChI is InChI=1S/C21H16FN3O4S/c22-15-7-3-1-5-13(15)9-23-17(26)10-28-18(27)11-30-21-20-19(24-12-25-21)14-6-2-4-8-16(14)29-20/h1-8,12H,9-11H2,(H,23,26). The minimum absolute atomic E-state index is 0.0166. The van der Waals surface area contributed by atoms with Crippen molar-refractivity contribution in [1.82, 2.24) is 15.3 Å². The molecule has 0 aliphatic carbocycles. The first-order chi connectivity index (χ1) is 14.6. The third-order valence-corrected chi connectivity index (χ3v) is 5.19. The van der Waals surface area contributed by atoms with E-state index >= 15 is 0 Å². The van der Waals surface area contributed by atoms with Gasteiger partial charge in [0.15, 0.2) is 12.2 Å². The Morgan fingerprint density at radius 1 is 1.10 bits per heavy atom. The summed E-state index contributed by atoms with van der Waals surface area (Å²) in [4.78, 5) is 32.3. The highest BCUT2D eigenvalue weighted by atomic mass is 32.2. The number of amides is 1. The van der Waals surface area contributed by atoms with Gasteiger partial charge in [-0.05, 0) is 18.2 Å². The Balaban J connectivity index is 1.30. The van der Waals surface area contributed by atoms with Gasteiger partial charge in [0, 0.05) is 17.5 Å². The van der Waals surface area contributed by atoms with Gasteiger partial charge < -0.3 is 14.5 Å². The lowest BCUT2D eigenvalue weighted by Crippen LogP contribution is -2.29. The predicted molar refractivity (Wildman–Crippen MR) is 109 cm³/mol. The number of hydrogen-bond acceptors (Lipinski definition) is 7. The number of nitrogens with zero attached hydrogens (tertiary/aromatic N) is 2. The third kappa shape index (κ3) is 4.41. The van der Waals surface area contributed by atoms with E-state index in [1.165, 1.54) is 12.4 Å². The summed E-state index contributed by atoms with van der Waals surface area (Å²) in [6, 6.07) is 13.6. The highest BCUT2D eigenvalue weighted by Gasteiger charge is 2.15. The van der Waals surface area contributed by atoms with Crippen molar-refractivity contribution in [2.75, 3.05) is 12.4 Å². The number of thioether (sulfide) groups is 1. The van der Waals surface area contributed by atoms with Crippen LogP contribution in [0.1, 0.15) is 5.56 Å². The fourth-order valence-corrected chi connectivity index (χ4v) is 3.54. The number of hydrogen-bond donors (Lipinski definition) is 1. The topological polar surface area (TPSA) is 94.3 Å². The molecule has 0 unspecified atom stereocenters. The lowest BCUT2D eigenvalue weighted by molar-refractivity contribution is -0.145. The lowest BCUT2D eigenvalue weighted by atomic mass is 10.2. The molecule has 0 aliphatic rings. The molecule has 152 valence electrons. The van der Waals surface area contributed by atoms with Gasteiger partial charge in [-0.25, -0.2) is 14.4 Å². The average Bonchev–Trinajstić information content (AvgIpc) is 3.15. The molecule has 30 heavy (non-hydrogen) atoms. The summed E-state index contributed by atoms with van der Waals surface area (Å²) in [5.41, 5.74) is 2.21. The summed E-state index contributed by atoms with van der Waals surface area (Å²) in [5, 5.41) is 3.89. The SMILES string of the molecule is O=C(COC(=O)CSc1ncnc2c1oc1ccccc12)NCc1ccccc1F. The maximum atomic E-state index is 13.5. The normalized spacial score (nSPS) is 11.0. The van der Waals surface area contributed by atoms with Gasteiger partial charge in [0.25, 0.3) is 5.91 Å². The monoisotopic (exact) mass is 425 g/mol. The molecule has 0 bridgehead atoms. The number of ether oxygens (including phenoxy) is 1. The Kier molecular flexibility index (Phi) is 5.89. The zero-order valence-corrected chi connectivity index (χ0v) is 16.4. The van der Waals surface area contributed by atoms with Crippen LogP contribution in [0.15, 0.2) is 64.3 Å². The average molecular weight is 425 g/mol. The number of rotatable bonds is 7. The number of carbonyl (C=O) groups excluding carboxylic acids is 2. The highest BCUT2D eigenvalue weighted by molar-refractivity contribution is 8.00. The molecule has 7 nitrogen and oxygen atoms in total. The van der Waals surface area contributed by atoms with Crippen LogP contribution in [-0.4, -0.2) is 34.2 Å². The first-order valence-corrected chi connectivity index (χ1v) is 10.0. The van der Waals surface area contributed by atoms with Gasteiger partial charge in [-0.15, -0.1) is 0 Å². The third-order valence-electron chi connectivity index (χ3n) is 4.25. The Morgan fingerprint density at radius 3 is 2.77 bits per heavy atom. The van der Waals surface area contributed by atoms with E-state index in [9.17, 15) is 14.0 Å². The molecule has 0 spiro atoms. The fraction of sp³-hybridized carbons (Fsp3) is 0.143. The molecule has 0 aliphatic heterocycles. The minimum atomic E-state index is -0.580. The van der Waals surface area contributed by atoms with E-state index in [-0.39, 0.29) is 12.3 Å². The van der Waals surface area contributed by atoms with E-state index in [2.05, 4.69) is 15.3 Å². The molecule has 4 rings (SSSR count). The highest BCUT2D eigenvalue weighted by Crippen LogP contribution is 2.32. The van der Waals surface area contributed by atoms with Crippen molar-refractivity contribution in [3.8, 4) is 0 Å². The van der Waals surface area contributed by atoms with Crippen LogP contribution in [0.4, 0.5) is 4.39 Å². The second kappa shape index (κ2) is 8.91. The molecule has 0 atom stereocenters. The molecular formula is C21H16FN3O4S. The van der Waals surface area contributed by atoms with Crippen molar-refractivity contribution in [1.29, 1.82) is 0 Å². The van der Waals surface area contributed by atoms with Crippen LogP contribution >= 0.6 is 11.8 Å². The lowest BCUT2D eigenvalue weighted by Gasteiger charge is -2.07. The van der Waals surface area contributed by atoms with E-state index in [4.69, 9.17) is 9.15 Å². The molecule has 4 aromatic rings. The molecule has 2 heterocycles. The van der Waals surface area contributed by atoms with Crippen molar-refractivity contribution in [2.24, 2.45) is 0 Å². The largest absolute Gasteiger partial charge is 0.455 e. The van der Waals surface area contributed by atoms with Crippen molar-refractivity contribution < 1.29 is 23.1 Å². The maximum Gasteiger partial charge on any atom is 0.316 e. The van der Waals surface area contributed by atoms with E-state index in [1.807, 2.05) is 24.3 Å². The zero-order chi connectivity index (χ0) is 20.9. The van der Waals surface area contributed by atoms with Gasteiger partial charge in [-0.3, -0.25) is 9.59 Å². The van der Waals surface area contributed by atoms with Crippen molar-refractivity contribution in [3.63, 3.8) is 0 Å². The van der Waals surface area contributed by atoms with E-state index in [0.29, 0.717) is 27.3 Å². The number of esters is 1. The molecule has 1 amide bonds. The summed E-state index contributed by atoms with van der Waals surface area (Å²) >= 11 is 1.14. The van der Waals surface area contributed by atoms with Gasteiger partial charge in [0.1, 0.15) is 28.3 Å². The Hall–Kier alpha value is -3.46. The summed E-state index contributed by atoms with van der Waals surface area (Å²) in [6.07, 6.45) is 1.41. The summed E-state index contributed by atoms with van der Waals surface area (Å²) in [5.74, 6) is -1.56. The molecule has 0 saturated heterocycles. The van der Waals surface area contributed by atoms with Crippen LogP contribution in [0.5, 0.6) is 0 Å². The maximum absolute atomic E-state index is 13.5. The number of halogens is 1. The van der Waals surface area contributed by atoms with Gasteiger partial charge in [-0.1, -0.05) is 42.1 Å². The van der Waals surface area contributed by atoms with Crippen molar-refractivity contribution in [3.05, 3.63) is 66.2 Å². The van der Waals surface area contributed by atoms with Crippen molar-refractivity contribution >= 4 is 45.7 Å². The number of fused-ring (bicyclic) bond motifs is 3. The second-order valence-electron chi connectivity index (χ2n) is 6.27. The number of carbonyl (C=O) groups is 2. The Morgan fingerprint density at radius 2 is 1.90 bits per heavy atom. The predicted octanol–water partition coefficient (Wildman–Crippen LogP) is 3.47. The van der Waals surface area contributed by atoms with Crippen molar-refractivity contribution in [2.45, 2.75) is 11.6 Å². The molecule has 9 heteroatoms. The van der Waals surface area contributed by atoms with Crippen LogP contribution in [0.2, 0.25) is 0 Å². The molecule has 2 aromatic heterocycles. The number of aromatic nitrogens is 2. The first-order valence-electron chi connectivity index (χ1n) is 9.02. The smallest absolute Gasteiger partial charge is 0.316 e. The molecular weight excluding hydrogens is 409 g/mol. The van der Waals surface area contributed by atoms with Crippen LogP contribution < -0.4 is 5.32 Å². The number of para-hydroxylation sites is 1. The fourth-order valence-electron chi connectivity index (χ4n) is 2.81.